The first-order valence-electron chi connectivity index (χ1n) is 10.2. The Hall–Kier alpha value is -2.86. The van der Waals surface area contributed by atoms with E-state index in [4.69, 9.17) is 0 Å². The average molecular weight is 417 g/mol. The third-order valence-corrected chi connectivity index (χ3v) is 6.81. The van der Waals surface area contributed by atoms with E-state index < -0.39 is 0 Å². The third kappa shape index (κ3) is 2.98. The number of carbonyl (C=O) groups excluding carboxylic acids is 1. The first kappa shape index (κ1) is 19.1. The molecular formula is C24H24N4OS. The van der Waals surface area contributed by atoms with Crippen LogP contribution >= 0.6 is 11.8 Å². The number of anilines is 1. The molecule has 0 N–H and O–H groups in total. The molecule has 6 heteroatoms. The molecule has 1 amide bonds. The second-order valence-corrected chi connectivity index (χ2v) is 9.16. The number of hydrogen-bond acceptors (Lipinski definition) is 4. The summed E-state index contributed by atoms with van der Waals surface area (Å²) in [6.45, 7) is 8.46. The lowest BCUT2D eigenvalue weighted by Crippen LogP contribution is -2.37. The zero-order chi connectivity index (χ0) is 21.0. The Morgan fingerprint density at radius 1 is 1.10 bits per heavy atom. The Morgan fingerprint density at radius 2 is 1.90 bits per heavy atom. The molecule has 4 aromatic rings. The molecule has 5 nitrogen and oxygen atoms in total. The number of pyridine rings is 1. The predicted octanol–water partition coefficient (Wildman–Crippen LogP) is 4.88. The molecule has 152 valence electrons. The molecule has 0 saturated carbocycles. The monoisotopic (exact) mass is 416 g/mol. The van der Waals surface area contributed by atoms with Gasteiger partial charge in [0.2, 0.25) is 5.91 Å². The SMILES string of the molecule is Cc1cc(C)c2c(c1)c(C)cc1nnc(SCC(=O)N3c4ccccc4C[C@@H]3C)n12. The number of thioether (sulfide) groups is 1. The highest BCUT2D eigenvalue weighted by Gasteiger charge is 2.30. The molecule has 5 rings (SSSR count). The molecule has 1 aliphatic heterocycles. The summed E-state index contributed by atoms with van der Waals surface area (Å²) in [4.78, 5) is 15.1. The van der Waals surface area contributed by atoms with Crippen molar-refractivity contribution in [2.75, 3.05) is 10.7 Å². The highest BCUT2D eigenvalue weighted by atomic mass is 32.2. The van der Waals surface area contributed by atoms with Crippen LogP contribution < -0.4 is 4.90 Å². The first-order valence-corrected chi connectivity index (χ1v) is 11.2. The minimum Gasteiger partial charge on any atom is -0.308 e. The number of amides is 1. The molecule has 30 heavy (non-hydrogen) atoms. The van der Waals surface area contributed by atoms with Gasteiger partial charge in [0.25, 0.3) is 0 Å². The van der Waals surface area contributed by atoms with Gasteiger partial charge in [-0.3, -0.25) is 9.20 Å². The van der Waals surface area contributed by atoms with Crippen molar-refractivity contribution in [3.8, 4) is 0 Å². The maximum atomic E-state index is 13.1. The van der Waals surface area contributed by atoms with Crippen LogP contribution in [0.3, 0.4) is 0 Å². The van der Waals surface area contributed by atoms with Crippen molar-refractivity contribution in [2.45, 2.75) is 45.3 Å². The van der Waals surface area contributed by atoms with E-state index >= 15 is 0 Å². The van der Waals surface area contributed by atoms with Gasteiger partial charge in [-0.2, -0.15) is 0 Å². The van der Waals surface area contributed by atoms with Crippen molar-refractivity contribution >= 4 is 39.9 Å². The zero-order valence-electron chi connectivity index (χ0n) is 17.6. The van der Waals surface area contributed by atoms with E-state index in [1.54, 1.807) is 0 Å². The Labute approximate surface area is 180 Å². The van der Waals surface area contributed by atoms with Crippen molar-refractivity contribution in [2.24, 2.45) is 0 Å². The molecule has 0 saturated heterocycles. The van der Waals surface area contributed by atoms with Crippen LogP contribution in [-0.4, -0.2) is 32.3 Å². The molecule has 2 aromatic carbocycles. The normalized spacial score (nSPS) is 15.9. The summed E-state index contributed by atoms with van der Waals surface area (Å²) in [7, 11) is 0. The standard InChI is InChI=1S/C24H24N4OS/c1-14-9-16(3)23-19(10-14)15(2)11-21-25-26-24(28(21)23)30-13-22(29)27-17(4)12-18-7-5-6-8-20(18)27/h5-11,17H,12-13H2,1-4H3/t17-/m0/s1. The average Bonchev–Trinajstić information content (AvgIpc) is 3.25. The van der Waals surface area contributed by atoms with Crippen LogP contribution in [0.2, 0.25) is 0 Å². The summed E-state index contributed by atoms with van der Waals surface area (Å²) < 4.78 is 2.09. The van der Waals surface area contributed by atoms with Gasteiger partial charge in [0, 0.05) is 17.1 Å². The van der Waals surface area contributed by atoms with Crippen molar-refractivity contribution in [1.82, 2.24) is 14.6 Å². The number of rotatable bonds is 3. The number of nitrogens with zero attached hydrogens (tertiary/aromatic N) is 4. The molecule has 0 unspecified atom stereocenters. The largest absolute Gasteiger partial charge is 0.308 e. The molecule has 0 bridgehead atoms. The first-order chi connectivity index (χ1) is 14.4. The third-order valence-electron chi connectivity index (χ3n) is 5.90. The van der Waals surface area contributed by atoms with Gasteiger partial charge in [-0.1, -0.05) is 41.6 Å². The molecule has 1 aliphatic rings. The van der Waals surface area contributed by atoms with Crippen molar-refractivity contribution in [3.63, 3.8) is 0 Å². The molecule has 0 fully saturated rings. The van der Waals surface area contributed by atoms with Gasteiger partial charge in [0.15, 0.2) is 10.8 Å². The van der Waals surface area contributed by atoms with E-state index in [1.165, 1.54) is 39.4 Å². The topological polar surface area (TPSA) is 50.5 Å². The quantitative estimate of drug-likeness (QED) is 0.447. The van der Waals surface area contributed by atoms with Crippen molar-refractivity contribution < 1.29 is 4.79 Å². The lowest BCUT2D eigenvalue weighted by atomic mass is 10.0. The Morgan fingerprint density at radius 3 is 2.73 bits per heavy atom. The van der Waals surface area contributed by atoms with Gasteiger partial charge in [-0.05, 0) is 69.0 Å². The minimum atomic E-state index is 0.109. The summed E-state index contributed by atoms with van der Waals surface area (Å²) in [5.41, 5.74) is 7.83. The van der Waals surface area contributed by atoms with Crippen LogP contribution in [0.25, 0.3) is 16.6 Å². The second kappa shape index (κ2) is 7.13. The van der Waals surface area contributed by atoms with Crippen LogP contribution in [0.1, 0.15) is 29.2 Å². The fourth-order valence-corrected chi connectivity index (χ4v) is 5.45. The molecule has 2 aromatic heterocycles. The van der Waals surface area contributed by atoms with E-state index in [0.29, 0.717) is 5.75 Å². The maximum Gasteiger partial charge on any atom is 0.237 e. The van der Waals surface area contributed by atoms with E-state index in [1.807, 2.05) is 23.1 Å². The number of aromatic nitrogens is 3. The van der Waals surface area contributed by atoms with Gasteiger partial charge in [0.05, 0.1) is 11.3 Å². The van der Waals surface area contributed by atoms with Crippen molar-refractivity contribution in [1.29, 1.82) is 0 Å². The lowest BCUT2D eigenvalue weighted by molar-refractivity contribution is -0.116. The number of para-hydroxylation sites is 1. The molecule has 1 atom stereocenters. The van der Waals surface area contributed by atoms with Crippen LogP contribution in [-0.2, 0) is 11.2 Å². The van der Waals surface area contributed by atoms with Gasteiger partial charge >= 0.3 is 0 Å². The molecule has 0 aliphatic carbocycles. The van der Waals surface area contributed by atoms with E-state index in [-0.39, 0.29) is 11.9 Å². The minimum absolute atomic E-state index is 0.109. The van der Waals surface area contributed by atoms with Gasteiger partial charge in [0.1, 0.15) is 0 Å². The summed E-state index contributed by atoms with van der Waals surface area (Å²) in [5, 5.41) is 10.8. The fourth-order valence-electron chi connectivity index (χ4n) is 4.65. The lowest BCUT2D eigenvalue weighted by Gasteiger charge is -2.22. The summed E-state index contributed by atoms with van der Waals surface area (Å²) in [5.74, 6) is 0.443. The van der Waals surface area contributed by atoms with Crippen molar-refractivity contribution in [3.05, 3.63) is 64.7 Å². The Balaban J connectivity index is 1.50. The van der Waals surface area contributed by atoms with Crippen LogP contribution in [0.5, 0.6) is 0 Å². The van der Waals surface area contributed by atoms with Crippen LogP contribution in [0, 0.1) is 20.8 Å². The van der Waals surface area contributed by atoms with Crippen LogP contribution in [0.15, 0.2) is 47.6 Å². The molecule has 0 spiro atoms. The highest BCUT2D eigenvalue weighted by molar-refractivity contribution is 7.99. The highest BCUT2D eigenvalue weighted by Crippen LogP contribution is 2.33. The van der Waals surface area contributed by atoms with E-state index in [9.17, 15) is 4.79 Å². The van der Waals surface area contributed by atoms with Gasteiger partial charge < -0.3 is 4.90 Å². The smallest absolute Gasteiger partial charge is 0.237 e. The van der Waals surface area contributed by atoms with E-state index in [0.717, 1.165) is 28.4 Å². The summed E-state index contributed by atoms with van der Waals surface area (Å²) >= 11 is 1.46. The number of aryl methyl sites for hydroxylation is 3. The van der Waals surface area contributed by atoms with Gasteiger partial charge in [-0.15, -0.1) is 10.2 Å². The molecule has 3 heterocycles. The van der Waals surface area contributed by atoms with E-state index in [2.05, 4.69) is 66.6 Å². The Kier molecular flexibility index (Phi) is 4.54. The number of carbonyl (C=O) groups is 1. The maximum absolute atomic E-state index is 13.1. The molecular weight excluding hydrogens is 392 g/mol. The molecule has 0 radical (unpaired) electrons. The number of hydrogen-bond donors (Lipinski definition) is 0. The zero-order valence-corrected chi connectivity index (χ0v) is 18.5. The number of fused-ring (bicyclic) bond motifs is 4. The van der Waals surface area contributed by atoms with Crippen LogP contribution in [0.4, 0.5) is 5.69 Å². The Bertz CT molecular complexity index is 1310. The fraction of sp³-hybridized carbons (Fsp3) is 0.292. The predicted molar refractivity (Wildman–Crippen MR) is 123 cm³/mol. The summed E-state index contributed by atoms with van der Waals surface area (Å²) in [6, 6.07) is 14.8. The van der Waals surface area contributed by atoms with Gasteiger partial charge in [-0.25, -0.2) is 0 Å². The second-order valence-electron chi connectivity index (χ2n) is 8.22. The number of benzene rings is 2. The summed E-state index contributed by atoms with van der Waals surface area (Å²) in [6.07, 6.45) is 0.906.